The number of aliphatic carboxylic acids is 2. The third kappa shape index (κ3) is 11.1. The fourth-order valence-corrected chi connectivity index (χ4v) is 6.51. The molecular formula is C36H47N3O23. The molecule has 1 aliphatic carbocycles. The molecule has 0 radical (unpaired) electrons. The maximum absolute atomic E-state index is 13.7. The molecule has 2 saturated heterocycles. The van der Waals surface area contributed by atoms with E-state index in [1.54, 1.807) is 0 Å². The Balaban J connectivity index is 1.92. The first-order valence-corrected chi connectivity index (χ1v) is 18.8. The number of hydrogen-bond acceptors (Lipinski definition) is 21. The summed E-state index contributed by atoms with van der Waals surface area (Å²) in [6.45, 7) is 4.40. The minimum absolute atomic E-state index is 0.615. The van der Waals surface area contributed by atoms with Gasteiger partial charge in [0.1, 0.15) is 6.10 Å². The molecule has 3 fully saturated rings. The van der Waals surface area contributed by atoms with Crippen molar-refractivity contribution >= 4 is 71.5 Å². The van der Waals surface area contributed by atoms with Crippen LogP contribution in [0.25, 0.3) is 0 Å². The third-order valence-electron chi connectivity index (χ3n) is 9.87. The maximum atomic E-state index is 13.7. The van der Waals surface area contributed by atoms with Crippen LogP contribution in [0.15, 0.2) is 0 Å². The highest BCUT2D eigenvalue weighted by Crippen LogP contribution is 2.63. The summed E-state index contributed by atoms with van der Waals surface area (Å²) in [5.41, 5.74) is -4.09. The summed E-state index contributed by atoms with van der Waals surface area (Å²) < 4.78 is 41.0. The minimum atomic E-state index is -2.11. The number of carbonyl (C=O) groups is 12. The number of carbonyl (C=O) groups excluding carboxylic acids is 10. The van der Waals surface area contributed by atoms with E-state index in [0.717, 1.165) is 34.6 Å². The quantitative estimate of drug-likeness (QED) is 0.0351. The first-order chi connectivity index (χ1) is 28.8. The fourth-order valence-electron chi connectivity index (χ4n) is 6.51. The number of esters is 6. The van der Waals surface area contributed by atoms with Crippen LogP contribution in [0.3, 0.4) is 0 Å². The van der Waals surface area contributed by atoms with Gasteiger partial charge in [0.2, 0.25) is 29.9 Å². The van der Waals surface area contributed by atoms with Crippen LogP contribution in [0.2, 0.25) is 0 Å². The fraction of sp³-hybridized carbons (Fsp3) is 0.667. The summed E-state index contributed by atoms with van der Waals surface area (Å²) in [5.74, 6) is -16.0. The van der Waals surface area contributed by atoms with Crippen molar-refractivity contribution in [3.8, 4) is 0 Å². The van der Waals surface area contributed by atoms with Crippen LogP contribution < -0.4 is 16.0 Å². The first-order valence-electron chi connectivity index (χ1n) is 18.8. The molecule has 0 aromatic rings. The molecule has 5 amide bonds. The van der Waals surface area contributed by atoms with E-state index >= 15 is 0 Å². The molecule has 0 spiro atoms. The zero-order valence-corrected chi connectivity index (χ0v) is 34.3. The summed E-state index contributed by atoms with van der Waals surface area (Å²) in [6.07, 6.45) is -13.3. The van der Waals surface area contributed by atoms with Gasteiger partial charge >= 0.3 is 53.8 Å². The van der Waals surface area contributed by atoms with Crippen molar-refractivity contribution in [2.75, 3.05) is 26.4 Å². The van der Waals surface area contributed by atoms with Gasteiger partial charge in [0.05, 0.1) is 49.2 Å². The zero-order valence-electron chi connectivity index (χ0n) is 34.3. The number of carboxylic acid groups (broad SMARTS) is 2. The average Bonchev–Trinajstić information content (AvgIpc) is 3.17. The van der Waals surface area contributed by atoms with E-state index in [9.17, 15) is 72.9 Å². The molecule has 62 heavy (non-hydrogen) atoms. The summed E-state index contributed by atoms with van der Waals surface area (Å²) >= 11 is 0. The number of fused-ring (bicyclic) bond motifs is 4. The summed E-state index contributed by atoms with van der Waals surface area (Å²) in [6, 6.07) is -2.73. The number of amides is 5. The highest BCUT2D eigenvalue weighted by Gasteiger charge is 2.80. The Hall–Kier alpha value is -6.28. The highest BCUT2D eigenvalue weighted by molar-refractivity contribution is 6.09. The van der Waals surface area contributed by atoms with Gasteiger partial charge in [-0.3, -0.25) is 29.8 Å². The standard InChI is InChI=1S/C36H47N3O23/c1-13(2)25(46)59-17(6)27(48)61-19(29(50)57-15(4)23(42)43)10-56-12-36-21-8-22(41)37-32(52)35(21,31(36)38-34(54)39-33(36)53)11-55-9-20(30(51)58-16(5)24(44)45)62-28(49)18(7)60-26(47)14(3)40/h13-21,31,40H,8-12H2,1-7H3,(H,42,43)(H,44,45)(H,37,41,52)(H2,38,39,53,54). The van der Waals surface area contributed by atoms with Gasteiger partial charge in [0.25, 0.3) is 0 Å². The van der Waals surface area contributed by atoms with Crippen molar-refractivity contribution < 1.29 is 111 Å². The van der Waals surface area contributed by atoms with Crippen LogP contribution in [0.4, 0.5) is 4.79 Å². The molecule has 2 aliphatic heterocycles. The second-order valence-electron chi connectivity index (χ2n) is 14.8. The highest BCUT2D eigenvalue weighted by atomic mass is 16.6. The molecule has 3 aliphatic rings. The minimum Gasteiger partial charge on any atom is -0.479 e. The largest absolute Gasteiger partial charge is 0.479 e. The molecule has 26 nitrogen and oxygen atoms in total. The van der Waals surface area contributed by atoms with E-state index in [4.69, 9.17) is 37.9 Å². The number of rotatable bonds is 22. The molecule has 3 rings (SSSR count). The maximum Gasteiger partial charge on any atom is 0.350 e. The van der Waals surface area contributed by atoms with Crippen LogP contribution in [-0.4, -0.2) is 162 Å². The number of aliphatic hydroxyl groups excluding tert-OH is 1. The van der Waals surface area contributed by atoms with Crippen molar-refractivity contribution in [3.05, 3.63) is 0 Å². The van der Waals surface area contributed by atoms with Crippen LogP contribution in [-0.2, 0) is 90.6 Å². The van der Waals surface area contributed by atoms with Crippen LogP contribution in [0, 0.1) is 22.7 Å². The van der Waals surface area contributed by atoms with E-state index in [1.165, 1.54) is 13.8 Å². The zero-order chi connectivity index (χ0) is 47.0. The normalized spacial score (nSPS) is 24.8. The number of ether oxygens (including phenoxy) is 8. The smallest absolute Gasteiger partial charge is 0.350 e. The molecule has 26 heteroatoms. The Morgan fingerprint density at radius 1 is 0.581 bits per heavy atom. The number of nitrogens with one attached hydrogen (secondary N) is 3. The van der Waals surface area contributed by atoms with Crippen molar-refractivity contribution in [3.63, 3.8) is 0 Å². The molecule has 0 aromatic heterocycles. The summed E-state index contributed by atoms with van der Waals surface area (Å²) in [7, 11) is 0. The van der Waals surface area contributed by atoms with E-state index in [1.807, 2.05) is 5.32 Å². The lowest BCUT2D eigenvalue weighted by Crippen LogP contribution is -2.88. The number of piperidine rings is 1. The molecule has 11 atom stereocenters. The van der Waals surface area contributed by atoms with E-state index in [0.29, 0.717) is 0 Å². The lowest BCUT2D eigenvalue weighted by Gasteiger charge is -2.68. The molecular weight excluding hydrogens is 842 g/mol. The second-order valence-corrected chi connectivity index (χ2v) is 14.8. The number of urea groups is 1. The Morgan fingerprint density at radius 2 is 0.984 bits per heavy atom. The van der Waals surface area contributed by atoms with Crippen molar-refractivity contribution in [2.24, 2.45) is 22.7 Å². The number of imide groups is 2. The van der Waals surface area contributed by atoms with Gasteiger partial charge in [0, 0.05) is 12.3 Å². The monoisotopic (exact) mass is 889 g/mol. The number of aliphatic hydroxyl groups is 1. The van der Waals surface area contributed by atoms with Gasteiger partial charge < -0.3 is 58.5 Å². The Morgan fingerprint density at radius 3 is 1.39 bits per heavy atom. The van der Waals surface area contributed by atoms with Crippen molar-refractivity contribution in [2.45, 2.75) is 104 Å². The van der Waals surface area contributed by atoms with E-state index in [2.05, 4.69) is 10.6 Å². The predicted octanol–water partition coefficient (Wildman–Crippen LogP) is -3.37. The van der Waals surface area contributed by atoms with Gasteiger partial charge in [0.15, 0.2) is 24.4 Å². The molecule has 2 heterocycles. The topological polar surface area (TPSA) is 375 Å². The van der Waals surface area contributed by atoms with Gasteiger partial charge in [-0.15, -0.1) is 0 Å². The van der Waals surface area contributed by atoms with Crippen LogP contribution in [0.5, 0.6) is 0 Å². The Kier molecular flexibility index (Phi) is 16.6. The van der Waals surface area contributed by atoms with Gasteiger partial charge in [-0.2, -0.15) is 0 Å². The van der Waals surface area contributed by atoms with Crippen LogP contribution in [0.1, 0.15) is 54.9 Å². The van der Waals surface area contributed by atoms with Gasteiger partial charge in [-0.05, 0) is 34.6 Å². The molecule has 0 aromatic carbocycles. The summed E-state index contributed by atoms with van der Waals surface area (Å²) in [5, 5.41) is 34.4. The molecule has 6 N–H and O–H groups in total. The third-order valence-corrected chi connectivity index (χ3v) is 9.87. The SMILES string of the molecule is CC(C)C(=O)OC(C)C(=O)OC(COCC12C(=O)NC(=O)NC1C1(COCC(OC(=O)C(C)OC(=O)C(C)O)C(=O)OC(C)C(=O)O)C(=O)NC(=O)CC12)C(=O)OC(C)C(=O)O. The Labute approximate surface area is 350 Å². The van der Waals surface area contributed by atoms with Crippen molar-refractivity contribution in [1.29, 1.82) is 0 Å². The Bertz CT molecular complexity index is 1710. The average molecular weight is 890 g/mol. The lowest BCUT2D eigenvalue weighted by atomic mass is 9.39. The molecule has 344 valence electrons. The summed E-state index contributed by atoms with van der Waals surface area (Å²) in [4.78, 5) is 151. The number of hydrogen-bond donors (Lipinski definition) is 6. The number of carboxylic acids is 2. The predicted molar refractivity (Wildman–Crippen MR) is 192 cm³/mol. The van der Waals surface area contributed by atoms with Gasteiger partial charge in [-0.25, -0.2) is 38.4 Å². The molecule has 11 unspecified atom stereocenters. The van der Waals surface area contributed by atoms with E-state index < -0.39 is 176 Å². The molecule has 1 saturated carbocycles. The van der Waals surface area contributed by atoms with Crippen molar-refractivity contribution in [1.82, 2.24) is 16.0 Å². The second kappa shape index (κ2) is 20.5. The molecule has 0 bridgehead atoms. The van der Waals surface area contributed by atoms with E-state index in [-0.39, 0.29) is 0 Å². The lowest BCUT2D eigenvalue weighted by molar-refractivity contribution is -0.229. The first kappa shape index (κ1) is 50.1. The van der Waals surface area contributed by atoms with Crippen LogP contribution >= 0.6 is 0 Å². The van der Waals surface area contributed by atoms with Gasteiger partial charge in [-0.1, -0.05) is 13.8 Å².